The molecule has 8 heteroatoms. The van der Waals surface area contributed by atoms with Crippen molar-refractivity contribution in [3.8, 4) is 5.75 Å². The van der Waals surface area contributed by atoms with E-state index in [-0.39, 0.29) is 25.0 Å². The molecule has 2 aromatic rings. The highest BCUT2D eigenvalue weighted by molar-refractivity contribution is 5.29. The van der Waals surface area contributed by atoms with Crippen LogP contribution in [0.4, 0.5) is 22.0 Å². The lowest BCUT2D eigenvalue weighted by atomic mass is 9.76. The molecule has 1 heterocycles. The van der Waals surface area contributed by atoms with Gasteiger partial charge in [-0.1, -0.05) is 31.2 Å². The molecule has 0 bridgehead atoms. The maximum Gasteiger partial charge on any atom is 0.400 e. The molecule has 2 aliphatic carbocycles. The summed E-state index contributed by atoms with van der Waals surface area (Å²) in [4.78, 5) is 0. The highest BCUT2D eigenvalue weighted by atomic mass is 19.3. The molecule has 2 saturated carbocycles. The Labute approximate surface area is 220 Å². The van der Waals surface area contributed by atoms with E-state index in [9.17, 15) is 22.0 Å². The van der Waals surface area contributed by atoms with Gasteiger partial charge in [-0.3, -0.25) is 0 Å². The quantitative estimate of drug-likeness (QED) is 0.273. The number of halogens is 5. The fourth-order valence-electron chi connectivity index (χ4n) is 6.25. The molecule has 0 aromatic heterocycles. The first kappa shape index (κ1) is 27.4. The molecular weight excluding hydrogens is 503 g/mol. The third-order valence-corrected chi connectivity index (χ3v) is 8.54. The van der Waals surface area contributed by atoms with Gasteiger partial charge in [0.05, 0.1) is 19.1 Å². The van der Waals surface area contributed by atoms with Gasteiger partial charge in [-0.15, -0.1) is 0 Å². The lowest BCUT2D eigenvalue weighted by Gasteiger charge is -2.37. The van der Waals surface area contributed by atoms with Crippen LogP contribution in [0, 0.1) is 35.2 Å². The second kappa shape index (κ2) is 11.5. The largest absolute Gasteiger partial charge is 0.432 e. The molecule has 0 radical (unpaired) electrons. The maximum atomic E-state index is 14.7. The highest BCUT2D eigenvalue weighted by Crippen LogP contribution is 2.44. The summed E-state index contributed by atoms with van der Waals surface area (Å²) in [5, 5.41) is 0. The third-order valence-electron chi connectivity index (χ3n) is 8.54. The first-order valence-electron chi connectivity index (χ1n) is 13.7. The Morgan fingerprint density at radius 3 is 1.71 bits per heavy atom. The summed E-state index contributed by atoms with van der Waals surface area (Å²) in [5.74, 6) is -5.02. The molecule has 38 heavy (non-hydrogen) atoms. The average molecular weight is 539 g/mol. The molecule has 0 amide bonds. The Morgan fingerprint density at radius 1 is 0.737 bits per heavy atom. The molecule has 5 rings (SSSR count). The van der Waals surface area contributed by atoms with E-state index in [1.54, 1.807) is 0 Å². The van der Waals surface area contributed by atoms with E-state index in [1.807, 2.05) is 0 Å². The number of ether oxygens (including phenoxy) is 3. The van der Waals surface area contributed by atoms with E-state index in [2.05, 4.69) is 35.9 Å². The number of alkyl halides is 2. The van der Waals surface area contributed by atoms with E-state index in [0.717, 1.165) is 44.5 Å². The predicted molar refractivity (Wildman–Crippen MR) is 133 cm³/mol. The van der Waals surface area contributed by atoms with E-state index in [1.165, 1.54) is 5.56 Å². The number of hydrogen-bond donors (Lipinski definition) is 0. The van der Waals surface area contributed by atoms with Crippen molar-refractivity contribution in [3.63, 3.8) is 0 Å². The molecule has 1 saturated heterocycles. The lowest BCUT2D eigenvalue weighted by molar-refractivity contribution is -0.226. The first-order valence-corrected chi connectivity index (χ1v) is 13.7. The van der Waals surface area contributed by atoms with Crippen LogP contribution in [0.15, 0.2) is 36.4 Å². The first-order chi connectivity index (χ1) is 18.2. The Kier molecular flexibility index (Phi) is 8.29. The standard InChI is InChI=1S/C30H35F5O3/c1-18-16-36-29(37-17-18)23-8-6-21(7-9-23)19-2-4-20(5-3-19)22-10-12-24(13-11-22)30(34,35)38-25-14-26(31)28(33)27(32)15-25/h2-5,14-15,18,21-24,29H,6-13,16-17H2,1H3. The summed E-state index contributed by atoms with van der Waals surface area (Å²) < 4.78 is 85.8. The minimum absolute atomic E-state index is 0.0690. The molecule has 0 atom stereocenters. The fraction of sp³-hybridized carbons (Fsp3) is 0.600. The number of rotatable bonds is 6. The molecule has 1 aliphatic heterocycles. The Morgan fingerprint density at radius 2 is 1.21 bits per heavy atom. The minimum Gasteiger partial charge on any atom is -0.432 e. The van der Waals surface area contributed by atoms with E-state index < -0.39 is 35.2 Å². The van der Waals surface area contributed by atoms with Crippen molar-refractivity contribution in [2.45, 2.75) is 82.5 Å². The third kappa shape index (κ3) is 6.17. The molecular formula is C30H35F5O3. The van der Waals surface area contributed by atoms with Crippen LogP contribution in [0.3, 0.4) is 0 Å². The minimum atomic E-state index is -3.60. The Balaban J connectivity index is 1.11. The molecule has 3 fully saturated rings. The van der Waals surface area contributed by atoms with Gasteiger partial charge in [-0.2, -0.15) is 8.78 Å². The summed E-state index contributed by atoms with van der Waals surface area (Å²) >= 11 is 0. The van der Waals surface area contributed by atoms with E-state index >= 15 is 0 Å². The zero-order valence-corrected chi connectivity index (χ0v) is 21.6. The predicted octanol–water partition coefficient (Wildman–Crippen LogP) is 8.33. The van der Waals surface area contributed by atoms with Crippen molar-refractivity contribution < 1.29 is 36.2 Å². The van der Waals surface area contributed by atoms with E-state index in [4.69, 9.17) is 9.47 Å². The van der Waals surface area contributed by atoms with Gasteiger partial charge in [0.15, 0.2) is 23.7 Å². The van der Waals surface area contributed by atoms with E-state index in [0.29, 0.717) is 42.7 Å². The smallest absolute Gasteiger partial charge is 0.400 e. The van der Waals surface area contributed by atoms with Crippen LogP contribution < -0.4 is 4.74 Å². The zero-order chi connectivity index (χ0) is 26.9. The summed E-state index contributed by atoms with van der Waals surface area (Å²) in [6.07, 6.45) is 2.29. The van der Waals surface area contributed by atoms with Gasteiger partial charge in [0.1, 0.15) is 5.75 Å². The maximum absolute atomic E-state index is 14.7. The molecule has 0 spiro atoms. The van der Waals surface area contributed by atoms with Gasteiger partial charge in [-0.05, 0) is 74.3 Å². The number of benzene rings is 2. The van der Waals surface area contributed by atoms with Crippen LogP contribution in [-0.2, 0) is 9.47 Å². The van der Waals surface area contributed by atoms with Crippen LogP contribution in [0.1, 0.15) is 81.3 Å². The molecule has 208 valence electrons. The second-order valence-corrected chi connectivity index (χ2v) is 11.3. The van der Waals surface area contributed by atoms with Crippen LogP contribution >= 0.6 is 0 Å². The highest BCUT2D eigenvalue weighted by Gasteiger charge is 2.44. The molecule has 0 unspecified atom stereocenters. The molecule has 0 N–H and O–H groups in total. The Hall–Kier alpha value is -2.19. The van der Waals surface area contributed by atoms with Gasteiger partial charge in [0.25, 0.3) is 0 Å². The number of hydrogen-bond acceptors (Lipinski definition) is 3. The van der Waals surface area contributed by atoms with Gasteiger partial charge in [0.2, 0.25) is 0 Å². The topological polar surface area (TPSA) is 27.7 Å². The van der Waals surface area contributed by atoms with Crippen molar-refractivity contribution in [3.05, 3.63) is 65.0 Å². The van der Waals surface area contributed by atoms with Gasteiger partial charge in [-0.25, -0.2) is 13.2 Å². The van der Waals surface area contributed by atoms with Gasteiger partial charge < -0.3 is 14.2 Å². The normalized spacial score (nSPS) is 30.7. The Bertz CT molecular complexity index is 1040. The summed E-state index contributed by atoms with van der Waals surface area (Å²) in [6, 6.07) is 9.50. The van der Waals surface area contributed by atoms with Crippen molar-refractivity contribution >= 4 is 0 Å². The van der Waals surface area contributed by atoms with Crippen LogP contribution in [-0.4, -0.2) is 25.6 Å². The summed E-state index contributed by atoms with van der Waals surface area (Å²) in [6.45, 7) is 3.68. The zero-order valence-electron chi connectivity index (χ0n) is 21.6. The molecule has 3 nitrogen and oxygen atoms in total. The summed E-state index contributed by atoms with van der Waals surface area (Å²) in [5.41, 5.74) is 2.46. The monoisotopic (exact) mass is 538 g/mol. The van der Waals surface area contributed by atoms with Crippen molar-refractivity contribution in [2.75, 3.05) is 13.2 Å². The fourth-order valence-corrected chi connectivity index (χ4v) is 6.25. The second-order valence-electron chi connectivity index (χ2n) is 11.3. The van der Waals surface area contributed by atoms with Gasteiger partial charge >= 0.3 is 6.11 Å². The SMILES string of the molecule is CC1COC(C2CCC(c3ccc(C4CCC(C(F)(F)Oc5cc(F)c(F)c(F)c5)CC4)cc3)CC2)OC1. The average Bonchev–Trinajstić information content (AvgIpc) is 2.92. The van der Waals surface area contributed by atoms with Crippen molar-refractivity contribution in [2.24, 2.45) is 17.8 Å². The van der Waals surface area contributed by atoms with Crippen LogP contribution in [0.25, 0.3) is 0 Å². The van der Waals surface area contributed by atoms with Crippen molar-refractivity contribution in [1.29, 1.82) is 0 Å². The summed E-state index contributed by atoms with van der Waals surface area (Å²) in [7, 11) is 0. The van der Waals surface area contributed by atoms with Crippen molar-refractivity contribution in [1.82, 2.24) is 0 Å². The van der Waals surface area contributed by atoms with Crippen LogP contribution in [0.2, 0.25) is 0 Å². The lowest BCUT2D eigenvalue weighted by Crippen LogP contribution is -2.37. The van der Waals surface area contributed by atoms with Gasteiger partial charge in [0, 0.05) is 24.0 Å². The van der Waals surface area contributed by atoms with Crippen LogP contribution in [0.5, 0.6) is 5.75 Å². The molecule has 3 aliphatic rings. The molecule has 2 aromatic carbocycles.